The lowest BCUT2D eigenvalue weighted by Gasteiger charge is -2.10. The van der Waals surface area contributed by atoms with Gasteiger partial charge in [-0.2, -0.15) is 5.26 Å². The highest BCUT2D eigenvalue weighted by Gasteiger charge is 2.06. The van der Waals surface area contributed by atoms with Crippen LogP contribution in [0.3, 0.4) is 0 Å². The van der Waals surface area contributed by atoms with Crippen LogP contribution in [0.2, 0.25) is 0 Å². The molecule has 90 valence electrons. The Balaban J connectivity index is 2.65. The molecule has 0 spiro atoms. The molecule has 0 fully saturated rings. The normalized spacial score (nSPS) is 9.47. The van der Waals surface area contributed by atoms with Crippen LogP contribution in [0.4, 0.5) is 5.69 Å². The summed E-state index contributed by atoms with van der Waals surface area (Å²) in [6.45, 7) is 2.63. The number of hydrogen-bond acceptors (Lipinski definition) is 4. The number of benzene rings is 1. The molecule has 1 aromatic rings. The SMILES string of the molecule is CSc1cccc(NCCNC(C)=O)c1C#N. The fourth-order valence-corrected chi connectivity index (χ4v) is 1.97. The van der Waals surface area contributed by atoms with Crippen molar-refractivity contribution in [1.82, 2.24) is 5.32 Å². The summed E-state index contributed by atoms with van der Waals surface area (Å²) in [5, 5.41) is 14.9. The van der Waals surface area contributed by atoms with Crippen molar-refractivity contribution >= 4 is 23.4 Å². The minimum atomic E-state index is -0.0508. The Bertz CT molecular complexity index is 440. The summed E-state index contributed by atoms with van der Waals surface area (Å²) >= 11 is 1.55. The highest BCUT2D eigenvalue weighted by Crippen LogP contribution is 2.25. The maximum atomic E-state index is 10.7. The molecule has 0 aromatic heterocycles. The maximum Gasteiger partial charge on any atom is 0.216 e. The Morgan fingerprint density at radius 2 is 2.24 bits per heavy atom. The Hall–Kier alpha value is -1.67. The molecule has 17 heavy (non-hydrogen) atoms. The molecular weight excluding hydrogens is 234 g/mol. The summed E-state index contributed by atoms with van der Waals surface area (Å²) < 4.78 is 0. The zero-order chi connectivity index (χ0) is 12.7. The lowest BCUT2D eigenvalue weighted by molar-refractivity contribution is -0.118. The van der Waals surface area contributed by atoms with E-state index in [1.807, 2.05) is 24.5 Å². The molecule has 0 heterocycles. The summed E-state index contributed by atoms with van der Waals surface area (Å²) in [5.74, 6) is -0.0508. The van der Waals surface area contributed by atoms with Gasteiger partial charge in [0.25, 0.3) is 0 Å². The van der Waals surface area contributed by atoms with Crippen LogP contribution in [-0.2, 0) is 4.79 Å². The van der Waals surface area contributed by atoms with Gasteiger partial charge in [-0.05, 0) is 18.4 Å². The van der Waals surface area contributed by atoms with E-state index in [-0.39, 0.29) is 5.91 Å². The quantitative estimate of drug-likeness (QED) is 0.617. The van der Waals surface area contributed by atoms with E-state index in [1.165, 1.54) is 6.92 Å². The average Bonchev–Trinajstić information content (AvgIpc) is 2.33. The number of rotatable bonds is 5. The van der Waals surface area contributed by atoms with Gasteiger partial charge in [-0.15, -0.1) is 11.8 Å². The number of hydrogen-bond donors (Lipinski definition) is 2. The summed E-state index contributed by atoms with van der Waals surface area (Å²) in [6, 6.07) is 7.89. The van der Waals surface area contributed by atoms with Crippen LogP contribution in [0, 0.1) is 11.3 Å². The second-order valence-corrected chi connectivity index (χ2v) is 4.25. The Morgan fingerprint density at radius 1 is 1.47 bits per heavy atom. The van der Waals surface area contributed by atoms with Gasteiger partial charge in [0.2, 0.25) is 5.91 Å². The van der Waals surface area contributed by atoms with Crippen LogP contribution in [0.15, 0.2) is 23.1 Å². The third-order valence-corrected chi connectivity index (χ3v) is 2.95. The zero-order valence-electron chi connectivity index (χ0n) is 9.91. The van der Waals surface area contributed by atoms with Crippen LogP contribution in [0.25, 0.3) is 0 Å². The van der Waals surface area contributed by atoms with Gasteiger partial charge in [0, 0.05) is 24.9 Å². The Labute approximate surface area is 105 Å². The molecule has 0 aliphatic rings. The van der Waals surface area contributed by atoms with Crippen LogP contribution in [-0.4, -0.2) is 25.3 Å². The third kappa shape index (κ3) is 4.00. The minimum Gasteiger partial charge on any atom is -0.382 e. The highest BCUT2D eigenvalue weighted by atomic mass is 32.2. The van der Waals surface area contributed by atoms with E-state index in [4.69, 9.17) is 5.26 Å². The molecule has 2 N–H and O–H groups in total. The Morgan fingerprint density at radius 3 is 2.82 bits per heavy atom. The highest BCUT2D eigenvalue weighted by molar-refractivity contribution is 7.98. The minimum absolute atomic E-state index is 0.0508. The van der Waals surface area contributed by atoms with Crippen LogP contribution in [0.5, 0.6) is 0 Å². The van der Waals surface area contributed by atoms with Gasteiger partial charge in [-0.25, -0.2) is 0 Å². The second-order valence-electron chi connectivity index (χ2n) is 3.40. The molecule has 0 unspecified atom stereocenters. The zero-order valence-corrected chi connectivity index (χ0v) is 10.7. The van der Waals surface area contributed by atoms with Crippen molar-refractivity contribution in [3.8, 4) is 6.07 Å². The largest absolute Gasteiger partial charge is 0.382 e. The van der Waals surface area contributed by atoms with Gasteiger partial charge in [0.1, 0.15) is 6.07 Å². The van der Waals surface area contributed by atoms with E-state index >= 15 is 0 Å². The summed E-state index contributed by atoms with van der Waals surface area (Å²) in [7, 11) is 0. The first-order valence-corrected chi connectivity index (χ1v) is 6.47. The molecule has 0 aliphatic carbocycles. The lowest BCUT2D eigenvalue weighted by Crippen LogP contribution is -2.26. The van der Waals surface area contributed by atoms with E-state index in [2.05, 4.69) is 16.7 Å². The van der Waals surface area contributed by atoms with E-state index in [0.29, 0.717) is 18.7 Å². The number of amides is 1. The third-order valence-electron chi connectivity index (χ3n) is 2.17. The van der Waals surface area contributed by atoms with Gasteiger partial charge >= 0.3 is 0 Å². The molecule has 1 aromatic carbocycles. The molecule has 0 atom stereocenters. The van der Waals surface area contributed by atoms with Crippen molar-refractivity contribution in [2.45, 2.75) is 11.8 Å². The summed E-state index contributed by atoms with van der Waals surface area (Å²) in [4.78, 5) is 11.6. The lowest BCUT2D eigenvalue weighted by atomic mass is 10.2. The van der Waals surface area contributed by atoms with Gasteiger partial charge < -0.3 is 10.6 Å². The number of carbonyl (C=O) groups excluding carboxylic acids is 1. The van der Waals surface area contributed by atoms with Gasteiger partial charge in [-0.1, -0.05) is 6.07 Å². The van der Waals surface area contributed by atoms with Gasteiger partial charge in [-0.3, -0.25) is 4.79 Å². The van der Waals surface area contributed by atoms with Crippen LogP contribution >= 0.6 is 11.8 Å². The van der Waals surface area contributed by atoms with Gasteiger partial charge in [0.15, 0.2) is 0 Å². The van der Waals surface area contributed by atoms with Crippen molar-refractivity contribution in [2.24, 2.45) is 0 Å². The van der Waals surface area contributed by atoms with Crippen molar-refractivity contribution in [1.29, 1.82) is 5.26 Å². The topological polar surface area (TPSA) is 64.9 Å². The molecule has 0 aliphatic heterocycles. The number of nitrogens with one attached hydrogen (secondary N) is 2. The fourth-order valence-electron chi connectivity index (χ4n) is 1.40. The maximum absolute atomic E-state index is 10.7. The molecule has 0 saturated carbocycles. The van der Waals surface area contributed by atoms with E-state index in [1.54, 1.807) is 11.8 Å². The second kappa shape index (κ2) is 6.81. The number of nitrogens with zero attached hydrogens (tertiary/aromatic N) is 1. The molecule has 1 rings (SSSR count). The first-order valence-electron chi connectivity index (χ1n) is 5.24. The van der Waals surface area contributed by atoms with Crippen molar-refractivity contribution in [2.75, 3.05) is 24.7 Å². The van der Waals surface area contributed by atoms with Crippen molar-refractivity contribution < 1.29 is 4.79 Å². The van der Waals surface area contributed by atoms with Crippen LogP contribution < -0.4 is 10.6 Å². The number of thioether (sulfide) groups is 1. The van der Waals surface area contributed by atoms with Crippen molar-refractivity contribution in [3.05, 3.63) is 23.8 Å². The molecular formula is C12H15N3OS. The number of carbonyl (C=O) groups is 1. The van der Waals surface area contributed by atoms with E-state index in [9.17, 15) is 4.79 Å². The van der Waals surface area contributed by atoms with E-state index < -0.39 is 0 Å². The molecule has 1 amide bonds. The molecule has 5 heteroatoms. The smallest absolute Gasteiger partial charge is 0.216 e. The first kappa shape index (κ1) is 13.4. The summed E-state index contributed by atoms with van der Waals surface area (Å²) in [5.41, 5.74) is 1.47. The van der Waals surface area contributed by atoms with E-state index in [0.717, 1.165) is 10.6 Å². The number of anilines is 1. The monoisotopic (exact) mass is 249 g/mol. The standard InChI is InChI=1S/C12H15N3OS/c1-9(16)14-6-7-15-11-4-3-5-12(17-2)10(11)8-13/h3-5,15H,6-7H2,1-2H3,(H,14,16). The predicted molar refractivity (Wildman–Crippen MR) is 70.1 cm³/mol. The fraction of sp³-hybridized carbons (Fsp3) is 0.333. The molecule has 0 bridgehead atoms. The van der Waals surface area contributed by atoms with Gasteiger partial charge in [0.05, 0.1) is 11.3 Å². The average molecular weight is 249 g/mol. The van der Waals surface area contributed by atoms with Crippen LogP contribution in [0.1, 0.15) is 12.5 Å². The predicted octanol–water partition coefficient (Wildman–Crippen LogP) is 1.83. The Kier molecular flexibility index (Phi) is 5.37. The summed E-state index contributed by atoms with van der Waals surface area (Å²) in [6.07, 6.45) is 1.94. The molecule has 0 radical (unpaired) electrons. The molecule has 4 nitrogen and oxygen atoms in total. The molecule has 0 saturated heterocycles. The van der Waals surface area contributed by atoms with Crippen molar-refractivity contribution in [3.63, 3.8) is 0 Å². The first-order chi connectivity index (χ1) is 8.19. The number of nitriles is 1.